The molecule has 3 saturated heterocycles. The number of fused-ring (bicyclic) bond motifs is 3. The monoisotopic (exact) mass is 897 g/mol. The molecule has 3 aromatic rings. The van der Waals surface area contributed by atoms with Crippen molar-refractivity contribution in [2.24, 2.45) is 5.92 Å². The largest absolute Gasteiger partial charge is 0.444 e. The number of likely N-dealkylation sites (N-methyl/N-ethyl adjacent to an activating group) is 1. The number of piperidine rings is 1. The molecule has 0 saturated carbocycles. The summed E-state index contributed by atoms with van der Waals surface area (Å²) in [6.07, 6.45) is 5.61. The lowest BCUT2D eigenvalue weighted by Gasteiger charge is -2.40. The van der Waals surface area contributed by atoms with Gasteiger partial charge in [0.1, 0.15) is 41.9 Å². The van der Waals surface area contributed by atoms with Crippen molar-refractivity contribution < 1.29 is 38.3 Å². The van der Waals surface area contributed by atoms with Crippen LogP contribution in [0.15, 0.2) is 60.8 Å². The van der Waals surface area contributed by atoms with Crippen molar-refractivity contribution in [3.63, 3.8) is 0 Å². The van der Waals surface area contributed by atoms with Gasteiger partial charge in [-0.3, -0.25) is 28.8 Å². The Morgan fingerprint density at radius 1 is 0.769 bits per heavy atom. The van der Waals surface area contributed by atoms with Gasteiger partial charge >= 0.3 is 6.09 Å². The number of nitrogens with zero attached hydrogens (tertiary/aromatic N) is 3. The third kappa shape index (κ3) is 12.3. The molecule has 16 heteroatoms. The van der Waals surface area contributed by atoms with Gasteiger partial charge < -0.3 is 45.7 Å². The molecule has 5 N–H and O–H groups in total. The highest BCUT2D eigenvalue weighted by Gasteiger charge is 2.44. The molecule has 0 aliphatic carbocycles. The minimum absolute atomic E-state index is 0.102. The second kappa shape index (κ2) is 21.8. The highest BCUT2D eigenvalue weighted by molar-refractivity contribution is 5.99. The summed E-state index contributed by atoms with van der Waals surface area (Å²) in [5.74, 6) is -3.21. The van der Waals surface area contributed by atoms with E-state index in [4.69, 9.17) is 4.74 Å². The average molecular weight is 897 g/mol. The fraction of sp³-hybridized carbons (Fsp3) is 0.571. The van der Waals surface area contributed by atoms with Gasteiger partial charge in [0, 0.05) is 56.6 Å². The van der Waals surface area contributed by atoms with Gasteiger partial charge in [-0.25, -0.2) is 4.79 Å². The SMILES string of the molecule is CCC(C)[C@@H]1NC(=O)[C@@H](Cc2c[nH]c3ccccc23)NC(=O)[C@@H]2CCCN2C(=O)[C@@H](Cc2ccccc2)N(C)C(=O)[C@H](CCCCNC(=O)OC(C)(C)C)NC(=O)[C@H]2CCCCN2C1=O. The smallest absolute Gasteiger partial charge is 0.407 e. The number of rotatable bonds is 11. The van der Waals surface area contributed by atoms with E-state index in [2.05, 4.69) is 26.3 Å². The Bertz CT molecular complexity index is 2170. The molecular weight excluding hydrogens is 829 g/mol. The van der Waals surface area contributed by atoms with E-state index < -0.39 is 83.4 Å². The number of carbonyl (C=O) groups is 7. The molecule has 16 nitrogen and oxygen atoms in total. The van der Waals surface area contributed by atoms with Crippen molar-refractivity contribution in [3.8, 4) is 0 Å². The summed E-state index contributed by atoms with van der Waals surface area (Å²) in [7, 11) is 1.55. The highest BCUT2D eigenvalue weighted by Crippen LogP contribution is 2.26. The summed E-state index contributed by atoms with van der Waals surface area (Å²) in [5, 5.41) is 12.6. The average Bonchev–Trinajstić information content (AvgIpc) is 3.95. The topological polar surface area (TPSA) is 202 Å². The first-order chi connectivity index (χ1) is 31.1. The van der Waals surface area contributed by atoms with Crippen molar-refractivity contribution in [3.05, 3.63) is 71.9 Å². The minimum atomic E-state index is -1.12. The maximum atomic E-state index is 15.0. The number of benzene rings is 2. The number of hydrogen-bond donors (Lipinski definition) is 5. The quantitative estimate of drug-likeness (QED) is 0.175. The molecule has 3 fully saturated rings. The first kappa shape index (κ1) is 48.5. The zero-order valence-corrected chi connectivity index (χ0v) is 38.8. The van der Waals surface area contributed by atoms with Crippen LogP contribution in [0.3, 0.4) is 0 Å². The lowest BCUT2D eigenvalue weighted by molar-refractivity contribution is -0.150. The number of amides is 7. The van der Waals surface area contributed by atoms with Gasteiger partial charge in [0.2, 0.25) is 35.4 Å². The van der Waals surface area contributed by atoms with Crippen LogP contribution in [0.5, 0.6) is 0 Å². The summed E-state index contributed by atoms with van der Waals surface area (Å²) in [6.45, 7) is 9.92. The van der Waals surface area contributed by atoms with E-state index in [1.54, 1.807) is 27.8 Å². The highest BCUT2D eigenvalue weighted by atomic mass is 16.6. The molecule has 1 aromatic heterocycles. The van der Waals surface area contributed by atoms with Crippen LogP contribution in [0.4, 0.5) is 4.79 Å². The number of aromatic amines is 1. The number of alkyl carbamates (subject to hydrolysis) is 1. The van der Waals surface area contributed by atoms with Gasteiger partial charge in [-0.1, -0.05) is 68.8 Å². The first-order valence-electron chi connectivity index (χ1n) is 23.4. The van der Waals surface area contributed by atoms with E-state index in [0.717, 1.165) is 22.0 Å². The zero-order chi connectivity index (χ0) is 46.8. The third-order valence-corrected chi connectivity index (χ3v) is 13.0. The summed E-state index contributed by atoms with van der Waals surface area (Å²) in [6, 6.07) is 10.8. The number of carbonyl (C=O) groups excluding carboxylic acids is 7. The number of H-pyrrole nitrogens is 1. The molecule has 1 unspecified atom stereocenters. The van der Waals surface area contributed by atoms with Crippen LogP contribution in [-0.2, 0) is 46.3 Å². The Morgan fingerprint density at radius 2 is 1.42 bits per heavy atom. The maximum absolute atomic E-state index is 15.0. The molecule has 3 aliphatic rings. The van der Waals surface area contributed by atoms with Crippen molar-refractivity contribution in [2.45, 2.75) is 147 Å². The summed E-state index contributed by atoms with van der Waals surface area (Å²) in [5.41, 5.74) is 1.78. The number of hydrogen-bond acceptors (Lipinski definition) is 8. The summed E-state index contributed by atoms with van der Waals surface area (Å²) in [4.78, 5) is 108. The molecule has 7 amide bonds. The summed E-state index contributed by atoms with van der Waals surface area (Å²) >= 11 is 0. The Labute approximate surface area is 382 Å². The van der Waals surface area contributed by atoms with E-state index >= 15 is 0 Å². The van der Waals surface area contributed by atoms with Crippen LogP contribution in [0.25, 0.3) is 10.9 Å². The van der Waals surface area contributed by atoms with E-state index in [1.165, 1.54) is 14.7 Å². The molecule has 4 heterocycles. The normalized spacial score (nSPS) is 24.6. The van der Waals surface area contributed by atoms with Crippen LogP contribution in [0.2, 0.25) is 0 Å². The van der Waals surface area contributed by atoms with Gasteiger partial charge in [0.05, 0.1) is 0 Å². The van der Waals surface area contributed by atoms with Gasteiger partial charge in [-0.2, -0.15) is 0 Å². The fourth-order valence-corrected chi connectivity index (χ4v) is 9.21. The number of nitrogens with one attached hydrogen (secondary N) is 5. The minimum Gasteiger partial charge on any atom is -0.444 e. The van der Waals surface area contributed by atoms with Gasteiger partial charge in [-0.05, 0) is 95.2 Å². The van der Waals surface area contributed by atoms with E-state index in [1.807, 2.05) is 74.6 Å². The molecule has 2 aromatic carbocycles. The molecule has 3 aliphatic heterocycles. The van der Waals surface area contributed by atoms with E-state index in [9.17, 15) is 33.6 Å². The Kier molecular flexibility index (Phi) is 16.3. The lowest BCUT2D eigenvalue weighted by atomic mass is 9.93. The van der Waals surface area contributed by atoms with Gasteiger partial charge in [0.15, 0.2) is 0 Å². The Morgan fingerprint density at radius 3 is 2.12 bits per heavy atom. The molecule has 0 radical (unpaired) electrons. The van der Waals surface area contributed by atoms with Crippen molar-refractivity contribution >= 4 is 52.4 Å². The van der Waals surface area contributed by atoms with Crippen LogP contribution in [0, 0.1) is 5.92 Å². The molecule has 7 atom stereocenters. The van der Waals surface area contributed by atoms with Crippen LogP contribution in [0.1, 0.15) is 104 Å². The van der Waals surface area contributed by atoms with Crippen molar-refractivity contribution in [1.82, 2.24) is 41.0 Å². The van der Waals surface area contributed by atoms with E-state index in [-0.39, 0.29) is 44.8 Å². The van der Waals surface area contributed by atoms with Crippen molar-refractivity contribution in [2.75, 3.05) is 26.7 Å². The molecule has 0 bridgehead atoms. The molecule has 352 valence electrons. The standard InChI is InChI=1S/C49H68N8O8/c1-7-31(2)41-47(63)57-26-16-14-23-38(57)43(59)52-36(22-13-15-25-50-48(64)65-49(3,4)5)45(61)55(6)40(28-32-18-9-8-10-19-32)46(62)56-27-17-24-39(56)44(60)53-37(42(58)54-41)29-33-30-51-35-21-12-11-20-34(33)35/h8-12,18-21,30-31,36-41,51H,7,13-17,22-29H2,1-6H3,(H,50,64)(H,52,59)(H,53,60)(H,54,58)/t31?,36-,37+,38+,39-,40+,41-/m0/s1. The van der Waals surface area contributed by atoms with Crippen LogP contribution >= 0.6 is 0 Å². The zero-order valence-electron chi connectivity index (χ0n) is 38.8. The fourth-order valence-electron chi connectivity index (χ4n) is 9.21. The Hall–Kier alpha value is -5.93. The molecular formula is C49H68N8O8. The number of ether oxygens (including phenoxy) is 1. The summed E-state index contributed by atoms with van der Waals surface area (Å²) < 4.78 is 5.36. The van der Waals surface area contributed by atoms with Gasteiger partial charge in [0.25, 0.3) is 0 Å². The number of unbranched alkanes of at least 4 members (excludes halogenated alkanes) is 1. The third-order valence-electron chi connectivity index (χ3n) is 13.0. The number of aromatic nitrogens is 1. The second-order valence-corrected chi connectivity index (χ2v) is 18.9. The molecule has 6 rings (SSSR count). The Balaban J connectivity index is 1.37. The van der Waals surface area contributed by atoms with E-state index in [0.29, 0.717) is 51.4 Å². The van der Waals surface area contributed by atoms with Crippen LogP contribution < -0.4 is 21.3 Å². The van der Waals surface area contributed by atoms with Crippen molar-refractivity contribution in [1.29, 1.82) is 0 Å². The van der Waals surface area contributed by atoms with Gasteiger partial charge in [-0.15, -0.1) is 0 Å². The number of para-hydroxylation sites is 1. The molecule has 65 heavy (non-hydrogen) atoms. The van der Waals surface area contributed by atoms with Crippen LogP contribution in [-0.4, -0.2) is 130 Å². The second-order valence-electron chi connectivity index (χ2n) is 18.9. The maximum Gasteiger partial charge on any atom is 0.407 e. The lowest BCUT2D eigenvalue weighted by Crippen LogP contribution is -2.63. The predicted octanol–water partition coefficient (Wildman–Crippen LogP) is 4.36. The predicted molar refractivity (Wildman–Crippen MR) is 246 cm³/mol. The molecule has 0 spiro atoms. The first-order valence-corrected chi connectivity index (χ1v) is 23.4.